The van der Waals surface area contributed by atoms with E-state index in [-0.39, 0.29) is 0 Å². The van der Waals surface area contributed by atoms with E-state index in [1.807, 2.05) is 18.2 Å². The van der Waals surface area contributed by atoms with Crippen LogP contribution < -0.4 is 0 Å². The van der Waals surface area contributed by atoms with Crippen molar-refractivity contribution in [3.63, 3.8) is 0 Å². The number of hydrogen-bond donors (Lipinski definition) is 0. The standard InChI is InChI=1S/C13H17BrCl2/c1-3-10(4-2)11(14)7-9-5-6-12(15)13(16)8-9/h5-6,8,10-11H,3-4,7H2,1-2H3. The molecule has 1 unspecified atom stereocenters. The maximum Gasteiger partial charge on any atom is 0.0595 e. The molecule has 1 aromatic carbocycles. The van der Waals surface area contributed by atoms with Crippen LogP contribution in [0.4, 0.5) is 0 Å². The Kier molecular flexibility index (Phi) is 6.17. The second-order valence-corrected chi connectivity index (χ2v) is 6.04. The molecule has 0 aliphatic rings. The van der Waals surface area contributed by atoms with Crippen molar-refractivity contribution in [2.24, 2.45) is 5.92 Å². The van der Waals surface area contributed by atoms with Crippen LogP contribution in [0.15, 0.2) is 18.2 Å². The van der Waals surface area contributed by atoms with Gasteiger partial charge in [0.15, 0.2) is 0 Å². The molecule has 16 heavy (non-hydrogen) atoms. The van der Waals surface area contributed by atoms with Crippen LogP contribution in [0.5, 0.6) is 0 Å². The molecule has 0 bridgehead atoms. The predicted octanol–water partition coefficient (Wildman–Crippen LogP) is 5.74. The van der Waals surface area contributed by atoms with Gasteiger partial charge in [0.1, 0.15) is 0 Å². The van der Waals surface area contributed by atoms with Crippen molar-refractivity contribution in [3.05, 3.63) is 33.8 Å². The van der Waals surface area contributed by atoms with E-state index in [2.05, 4.69) is 29.8 Å². The Bertz CT molecular complexity index is 335. The Balaban J connectivity index is 2.69. The minimum Gasteiger partial charge on any atom is -0.0884 e. The molecular formula is C13H17BrCl2. The van der Waals surface area contributed by atoms with Gasteiger partial charge in [-0.2, -0.15) is 0 Å². The Morgan fingerprint density at radius 3 is 2.25 bits per heavy atom. The van der Waals surface area contributed by atoms with E-state index >= 15 is 0 Å². The van der Waals surface area contributed by atoms with Gasteiger partial charge in [-0.3, -0.25) is 0 Å². The van der Waals surface area contributed by atoms with Crippen LogP contribution in [0, 0.1) is 5.92 Å². The first-order chi connectivity index (χ1) is 7.58. The van der Waals surface area contributed by atoms with Gasteiger partial charge in [-0.05, 0) is 30.0 Å². The average Bonchev–Trinajstić information content (AvgIpc) is 2.25. The van der Waals surface area contributed by atoms with Crippen molar-refractivity contribution in [2.75, 3.05) is 0 Å². The van der Waals surface area contributed by atoms with E-state index < -0.39 is 0 Å². The fourth-order valence-corrected chi connectivity index (χ4v) is 3.30. The summed E-state index contributed by atoms with van der Waals surface area (Å²) in [7, 11) is 0. The molecule has 0 aromatic heterocycles. The smallest absolute Gasteiger partial charge is 0.0595 e. The highest BCUT2D eigenvalue weighted by atomic mass is 79.9. The molecule has 0 amide bonds. The second-order valence-electron chi connectivity index (χ2n) is 4.05. The lowest BCUT2D eigenvalue weighted by Crippen LogP contribution is -2.15. The maximum absolute atomic E-state index is 6.00. The molecule has 0 heterocycles. The third-order valence-corrected chi connectivity index (χ3v) is 4.79. The van der Waals surface area contributed by atoms with E-state index in [4.69, 9.17) is 23.2 Å². The summed E-state index contributed by atoms with van der Waals surface area (Å²) in [5.74, 6) is 0.717. The fraction of sp³-hybridized carbons (Fsp3) is 0.538. The monoisotopic (exact) mass is 322 g/mol. The van der Waals surface area contributed by atoms with Gasteiger partial charge in [-0.25, -0.2) is 0 Å². The van der Waals surface area contributed by atoms with Crippen molar-refractivity contribution in [3.8, 4) is 0 Å². The van der Waals surface area contributed by atoms with Crippen LogP contribution in [0.1, 0.15) is 32.3 Å². The Morgan fingerprint density at radius 2 is 1.75 bits per heavy atom. The summed E-state index contributed by atoms with van der Waals surface area (Å²) < 4.78 is 0. The molecule has 0 aliphatic carbocycles. The third kappa shape index (κ3) is 3.94. The van der Waals surface area contributed by atoms with Crippen LogP contribution in [0.3, 0.4) is 0 Å². The lowest BCUT2D eigenvalue weighted by Gasteiger charge is -2.19. The van der Waals surface area contributed by atoms with Crippen LogP contribution in [-0.2, 0) is 6.42 Å². The summed E-state index contributed by atoms with van der Waals surface area (Å²) in [6.07, 6.45) is 3.41. The molecule has 1 rings (SSSR count). The summed E-state index contributed by atoms with van der Waals surface area (Å²) in [5.41, 5.74) is 1.24. The summed E-state index contributed by atoms with van der Waals surface area (Å²) in [4.78, 5) is 0.514. The molecule has 1 aromatic rings. The van der Waals surface area contributed by atoms with E-state index in [0.29, 0.717) is 14.9 Å². The molecule has 0 saturated heterocycles. The Morgan fingerprint density at radius 1 is 1.12 bits per heavy atom. The lowest BCUT2D eigenvalue weighted by molar-refractivity contribution is 0.475. The van der Waals surface area contributed by atoms with Gasteiger partial charge in [0.2, 0.25) is 0 Å². The van der Waals surface area contributed by atoms with Crippen molar-refractivity contribution in [2.45, 2.75) is 37.9 Å². The first kappa shape index (κ1) is 14.3. The number of rotatable bonds is 5. The SMILES string of the molecule is CCC(CC)C(Br)Cc1ccc(Cl)c(Cl)c1. The van der Waals surface area contributed by atoms with Gasteiger partial charge in [-0.1, -0.05) is 71.9 Å². The van der Waals surface area contributed by atoms with E-state index in [9.17, 15) is 0 Å². The Labute approximate surface area is 116 Å². The molecule has 3 heteroatoms. The third-order valence-electron chi connectivity index (χ3n) is 2.97. The topological polar surface area (TPSA) is 0 Å². The summed E-state index contributed by atoms with van der Waals surface area (Å²) in [6, 6.07) is 5.87. The van der Waals surface area contributed by atoms with Crippen LogP contribution in [0.25, 0.3) is 0 Å². The molecule has 0 radical (unpaired) electrons. The van der Waals surface area contributed by atoms with Gasteiger partial charge >= 0.3 is 0 Å². The average molecular weight is 324 g/mol. The van der Waals surface area contributed by atoms with Gasteiger partial charge < -0.3 is 0 Å². The minimum atomic E-state index is 0.514. The zero-order valence-electron chi connectivity index (χ0n) is 9.64. The van der Waals surface area contributed by atoms with Crippen LogP contribution in [0.2, 0.25) is 10.0 Å². The second kappa shape index (κ2) is 6.88. The first-order valence-corrected chi connectivity index (χ1v) is 7.33. The normalized spacial score (nSPS) is 13.1. The first-order valence-electron chi connectivity index (χ1n) is 5.66. The van der Waals surface area contributed by atoms with E-state index in [0.717, 1.165) is 12.3 Å². The van der Waals surface area contributed by atoms with Crippen molar-refractivity contribution < 1.29 is 0 Å². The summed E-state index contributed by atoms with van der Waals surface area (Å²) in [5, 5.41) is 1.27. The van der Waals surface area contributed by atoms with Gasteiger partial charge in [0.25, 0.3) is 0 Å². The highest BCUT2D eigenvalue weighted by Crippen LogP contribution is 2.27. The molecule has 0 spiro atoms. The van der Waals surface area contributed by atoms with Crippen LogP contribution >= 0.6 is 39.1 Å². The number of hydrogen-bond acceptors (Lipinski definition) is 0. The highest BCUT2D eigenvalue weighted by molar-refractivity contribution is 9.09. The largest absolute Gasteiger partial charge is 0.0884 e. The van der Waals surface area contributed by atoms with Gasteiger partial charge in [0.05, 0.1) is 10.0 Å². The maximum atomic E-state index is 6.00. The van der Waals surface area contributed by atoms with Gasteiger partial charge in [-0.15, -0.1) is 0 Å². The fourth-order valence-electron chi connectivity index (χ4n) is 1.86. The number of benzene rings is 1. The summed E-state index contributed by atoms with van der Waals surface area (Å²) >= 11 is 15.7. The predicted molar refractivity (Wildman–Crippen MR) is 77.0 cm³/mol. The number of alkyl halides is 1. The van der Waals surface area contributed by atoms with Crippen molar-refractivity contribution in [1.29, 1.82) is 0 Å². The van der Waals surface area contributed by atoms with Crippen molar-refractivity contribution in [1.82, 2.24) is 0 Å². The molecule has 0 aliphatic heterocycles. The lowest BCUT2D eigenvalue weighted by atomic mass is 9.95. The molecule has 0 N–H and O–H groups in total. The molecule has 90 valence electrons. The van der Waals surface area contributed by atoms with E-state index in [1.165, 1.54) is 18.4 Å². The highest BCUT2D eigenvalue weighted by Gasteiger charge is 2.15. The number of halogens is 3. The zero-order valence-corrected chi connectivity index (χ0v) is 12.7. The van der Waals surface area contributed by atoms with E-state index in [1.54, 1.807) is 0 Å². The zero-order chi connectivity index (χ0) is 12.1. The molecular weight excluding hydrogens is 307 g/mol. The molecule has 0 nitrogen and oxygen atoms in total. The molecule has 1 atom stereocenters. The van der Waals surface area contributed by atoms with Gasteiger partial charge in [0, 0.05) is 4.83 Å². The molecule has 0 saturated carbocycles. The molecule has 0 fully saturated rings. The van der Waals surface area contributed by atoms with Crippen molar-refractivity contribution >= 4 is 39.1 Å². The minimum absolute atomic E-state index is 0.514. The van der Waals surface area contributed by atoms with Crippen LogP contribution in [-0.4, -0.2) is 4.83 Å². The summed E-state index contributed by atoms with van der Waals surface area (Å²) in [6.45, 7) is 4.47. The quantitative estimate of drug-likeness (QED) is 0.606. The Hall–Kier alpha value is 0.280.